The summed E-state index contributed by atoms with van der Waals surface area (Å²) in [5.41, 5.74) is 10.5. The number of nitrogens with two attached hydrogens (primary N) is 1. The van der Waals surface area contributed by atoms with E-state index >= 15 is 0 Å². The molecule has 5 heteroatoms. The molecule has 0 aliphatic carbocycles. The van der Waals surface area contributed by atoms with Crippen molar-refractivity contribution in [3.8, 4) is 0 Å². The molecular formula is C15H13BrN2O2. The molecule has 3 rings (SSSR count). The molecule has 0 amide bonds. The zero-order chi connectivity index (χ0) is 14.3. The molecule has 0 saturated carbocycles. The zero-order valence-corrected chi connectivity index (χ0v) is 12.4. The summed E-state index contributed by atoms with van der Waals surface area (Å²) in [6.07, 6.45) is 0. The number of benzene rings is 2. The number of fused-ring (bicyclic) bond motifs is 1. The topological polar surface area (TPSA) is 72.0 Å². The second kappa shape index (κ2) is 4.92. The van der Waals surface area contributed by atoms with Crippen molar-refractivity contribution in [1.82, 2.24) is 4.98 Å². The van der Waals surface area contributed by atoms with E-state index in [9.17, 15) is 4.79 Å². The van der Waals surface area contributed by atoms with E-state index in [0.717, 1.165) is 21.2 Å². The van der Waals surface area contributed by atoms with Gasteiger partial charge in [-0.15, -0.1) is 0 Å². The number of aromatic amines is 1. The molecule has 2 aromatic carbocycles. The van der Waals surface area contributed by atoms with Crippen molar-refractivity contribution in [2.24, 2.45) is 5.73 Å². The highest BCUT2D eigenvalue weighted by Crippen LogP contribution is 2.26. The second-order valence-electron chi connectivity index (χ2n) is 4.76. The van der Waals surface area contributed by atoms with Crippen LogP contribution in [0.1, 0.15) is 22.7 Å². The molecule has 1 heterocycles. The van der Waals surface area contributed by atoms with Crippen molar-refractivity contribution in [3.05, 3.63) is 68.1 Å². The Balaban J connectivity index is 2.04. The number of oxazole rings is 1. The minimum atomic E-state index is -0.455. The van der Waals surface area contributed by atoms with Gasteiger partial charge in [-0.2, -0.15) is 0 Å². The smallest absolute Gasteiger partial charge is 0.408 e. The van der Waals surface area contributed by atoms with E-state index in [1.807, 2.05) is 31.2 Å². The predicted molar refractivity (Wildman–Crippen MR) is 81.7 cm³/mol. The molecule has 0 fully saturated rings. The van der Waals surface area contributed by atoms with Crippen LogP contribution in [-0.2, 0) is 0 Å². The number of nitrogens with one attached hydrogen (secondary N) is 1. The van der Waals surface area contributed by atoms with Crippen LogP contribution in [0.2, 0.25) is 0 Å². The molecule has 0 aliphatic rings. The van der Waals surface area contributed by atoms with Gasteiger partial charge in [-0.25, -0.2) is 4.79 Å². The van der Waals surface area contributed by atoms with Gasteiger partial charge >= 0.3 is 5.76 Å². The van der Waals surface area contributed by atoms with Crippen molar-refractivity contribution >= 4 is 27.0 Å². The Morgan fingerprint density at radius 3 is 2.65 bits per heavy atom. The average molecular weight is 333 g/mol. The number of aryl methyl sites for hydroxylation is 1. The molecule has 1 aromatic heterocycles. The summed E-state index contributed by atoms with van der Waals surface area (Å²) in [5, 5.41) is 0. The fourth-order valence-electron chi connectivity index (χ4n) is 2.15. The van der Waals surface area contributed by atoms with E-state index in [-0.39, 0.29) is 6.04 Å². The Labute approximate surface area is 123 Å². The van der Waals surface area contributed by atoms with Gasteiger partial charge in [0.25, 0.3) is 0 Å². The largest absolute Gasteiger partial charge is 0.417 e. The number of rotatable bonds is 2. The van der Waals surface area contributed by atoms with Crippen LogP contribution in [0, 0.1) is 6.92 Å². The molecule has 0 radical (unpaired) electrons. The standard InChI is InChI=1S/C15H13BrN2O2/c1-8-2-3-9(6-11(8)16)14(17)10-4-5-12-13(7-10)20-15(19)18-12/h2-7,14H,17H2,1H3,(H,18,19). The maximum absolute atomic E-state index is 11.2. The van der Waals surface area contributed by atoms with Gasteiger partial charge in [0.05, 0.1) is 11.6 Å². The number of hydrogen-bond donors (Lipinski definition) is 2. The van der Waals surface area contributed by atoms with Gasteiger partial charge < -0.3 is 10.2 Å². The lowest BCUT2D eigenvalue weighted by molar-refractivity contribution is 0.555. The Morgan fingerprint density at radius 1 is 1.20 bits per heavy atom. The van der Waals surface area contributed by atoms with Crippen LogP contribution in [0.3, 0.4) is 0 Å². The van der Waals surface area contributed by atoms with Crippen LogP contribution >= 0.6 is 15.9 Å². The molecule has 3 aromatic rings. The van der Waals surface area contributed by atoms with Gasteiger partial charge in [0, 0.05) is 4.47 Å². The number of H-pyrrole nitrogens is 1. The Kier molecular flexibility index (Phi) is 3.23. The Hall–Kier alpha value is -1.85. The minimum Gasteiger partial charge on any atom is -0.408 e. The van der Waals surface area contributed by atoms with Crippen LogP contribution in [0.4, 0.5) is 0 Å². The predicted octanol–water partition coefficient (Wildman–Crippen LogP) is 3.24. The molecule has 3 N–H and O–H groups in total. The number of aromatic nitrogens is 1. The van der Waals surface area contributed by atoms with Gasteiger partial charge in [0.2, 0.25) is 0 Å². The zero-order valence-electron chi connectivity index (χ0n) is 10.8. The van der Waals surface area contributed by atoms with E-state index in [2.05, 4.69) is 20.9 Å². The monoisotopic (exact) mass is 332 g/mol. The van der Waals surface area contributed by atoms with Crippen molar-refractivity contribution in [2.45, 2.75) is 13.0 Å². The molecule has 0 aliphatic heterocycles. The Morgan fingerprint density at radius 2 is 1.90 bits per heavy atom. The van der Waals surface area contributed by atoms with Crippen molar-refractivity contribution < 1.29 is 4.42 Å². The summed E-state index contributed by atoms with van der Waals surface area (Å²) in [6.45, 7) is 2.03. The number of hydrogen-bond acceptors (Lipinski definition) is 3. The van der Waals surface area contributed by atoms with Gasteiger partial charge in [0.1, 0.15) is 0 Å². The van der Waals surface area contributed by atoms with Crippen LogP contribution in [-0.4, -0.2) is 4.98 Å². The molecule has 0 saturated heterocycles. The summed E-state index contributed by atoms with van der Waals surface area (Å²) >= 11 is 3.51. The van der Waals surface area contributed by atoms with Gasteiger partial charge in [-0.3, -0.25) is 4.98 Å². The van der Waals surface area contributed by atoms with E-state index in [0.29, 0.717) is 11.1 Å². The van der Waals surface area contributed by atoms with Gasteiger partial charge in [-0.05, 0) is 41.8 Å². The average Bonchev–Trinajstić information content (AvgIpc) is 2.80. The summed E-state index contributed by atoms with van der Waals surface area (Å²) < 4.78 is 6.09. The number of halogens is 1. The molecule has 1 atom stereocenters. The van der Waals surface area contributed by atoms with Crippen LogP contribution in [0.5, 0.6) is 0 Å². The third-order valence-corrected chi connectivity index (χ3v) is 4.21. The highest BCUT2D eigenvalue weighted by molar-refractivity contribution is 9.10. The third kappa shape index (κ3) is 2.30. The SMILES string of the molecule is Cc1ccc(C(N)c2ccc3[nH]c(=O)oc3c2)cc1Br. The fourth-order valence-corrected chi connectivity index (χ4v) is 2.55. The molecular weight excluding hydrogens is 320 g/mol. The van der Waals surface area contributed by atoms with Gasteiger partial charge in [0.15, 0.2) is 5.58 Å². The normalized spacial score (nSPS) is 12.8. The maximum Gasteiger partial charge on any atom is 0.417 e. The quantitative estimate of drug-likeness (QED) is 0.756. The fraction of sp³-hybridized carbons (Fsp3) is 0.133. The van der Waals surface area contributed by atoms with Crippen molar-refractivity contribution in [3.63, 3.8) is 0 Å². The van der Waals surface area contributed by atoms with Crippen molar-refractivity contribution in [1.29, 1.82) is 0 Å². The molecule has 0 spiro atoms. The second-order valence-corrected chi connectivity index (χ2v) is 5.61. The summed E-state index contributed by atoms with van der Waals surface area (Å²) in [7, 11) is 0. The first kappa shape index (κ1) is 13.1. The highest BCUT2D eigenvalue weighted by Gasteiger charge is 2.12. The lowest BCUT2D eigenvalue weighted by atomic mass is 9.98. The first-order valence-corrected chi connectivity index (χ1v) is 6.98. The molecule has 20 heavy (non-hydrogen) atoms. The minimum absolute atomic E-state index is 0.267. The van der Waals surface area contributed by atoms with Gasteiger partial charge in [-0.1, -0.05) is 34.1 Å². The van der Waals surface area contributed by atoms with E-state index in [1.165, 1.54) is 0 Å². The molecule has 0 bridgehead atoms. The lowest BCUT2D eigenvalue weighted by Gasteiger charge is -2.13. The van der Waals surface area contributed by atoms with E-state index in [4.69, 9.17) is 10.2 Å². The molecule has 1 unspecified atom stereocenters. The molecule has 102 valence electrons. The molecule has 4 nitrogen and oxygen atoms in total. The summed E-state index contributed by atoms with van der Waals surface area (Å²) in [6, 6.07) is 11.3. The van der Waals surface area contributed by atoms with Crippen molar-refractivity contribution in [2.75, 3.05) is 0 Å². The van der Waals surface area contributed by atoms with Crippen LogP contribution in [0.15, 0.2) is 50.1 Å². The Bertz CT molecular complexity index is 835. The van der Waals surface area contributed by atoms with Crippen LogP contribution in [0.25, 0.3) is 11.1 Å². The summed E-state index contributed by atoms with van der Waals surface area (Å²) in [4.78, 5) is 13.8. The highest BCUT2D eigenvalue weighted by atomic mass is 79.9. The first-order chi connectivity index (χ1) is 9.54. The lowest BCUT2D eigenvalue weighted by Crippen LogP contribution is -2.11. The van der Waals surface area contributed by atoms with E-state index < -0.39 is 5.76 Å². The van der Waals surface area contributed by atoms with E-state index in [1.54, 1.807) is 12.1 Å². The third-order valence-electron chi connectivity index (χ3n) is 3.36. The van der Waals surface area contributed by atoms with Crippen LogP contribution < -0.4 is 11.5 Å². The summed E-state index contributed by atoms with van der Waals surface area (Å²) in [5.74, 6) is -0.455. The maximum atomic E-state index is 11.2. The first-order valence-electron chi connectivity index (χ1n) is 6.19.